The minimum atomic E-state index is -0.461. The Balaban J connectivity index is 1.48. The summed E-state index contributed by atoms with van der Waals surface area (Å²) in [6.07, 6.45) is 1.60. The van der Waals surface area contributed by atoms with Crippen LogP contribution in [0.4, 0.5) is 5.69 Å². The Morgan fingerprint density at radius 2 is 1.94 bits per heavy atom. The summed E-state index contributed by atoms with van der Waals surface area (Å²) < 4.78 is 14.3. The summed E-state index contributed by atoms with van der Waals surface area (Å²) >= 11 is 0. The normalized spacial score (nSPS) is 12.5. The number of benzene rings is 2. The van der Waals surface area contributed by atoms with Crippen LogP contribution >= 0.6 is 0 Å². The highest BCUT2D eigenvalue weighted by Crippen LogP contribution is 2.35. The molecule has 1 aliphatic heterocycles. The summed E-state index contributed by atoms with van der Waals surface area (Å²) in [6, 6.07) is 12.0. The Hall–Kier alpha value is -4.14. The summed E-state index contributed by atoms with van der Waals surface area (Å²) in [7, 11) is 0. The number of aryl methyl sites for hydroxylation is 1. The highest BCUT2D eigenvalue weighted by atomic mass is 16.7. The van der Waals surface area contributed by atoms with Gasteiger partial charge in [0.05, 0.1) is 16.6 Å². The van der Waals surface area contributed by atoms with E-state index in [9.17, 15) is 14.9 Å². The van der Waals surface area contributed by atoms with Gasteiger partial charge in [-0.15, -0.1) is 0 Å². The van der Waals surface area contributed by atoms with E-state index in [1.54, 1.807) is 12.3 Å². The Morgan fingerprint density at radius 3 is 2.74 bits per heavy atom. The lowest BCUT2D eigenvalue weighted by Crippen LogP contribution is -2.12. The fourth-order valence-corrected chi connectivity index (χ4v) is 3.99. The second-order valence-electron chi connectivity index (χ2n) is 7.38. The third-order valence-electron chi connectivity index (χ3n) is 5.48. The minimum absolute atomic E-state index is 0.0178. The predicted molar refractivity (Wildman–Crippen MR) is 112 cm³/mol. The zero-order valence-electron chi connectivity index (χ0n) is 16.9. The van der Waals surface area contributed by atoms with Crippen LogP contribution < -0.4 is 9.47 Å². The molecule has 0 spiro atoms. The van der Waals surface area contributed by atoms with Crippen LogP contribution in [0.15, 0.2) is 48.7 Å². The van der Waals surface area contributed by atoms with Gasteiger partial charge in [-0.1, -0.05) is 0 Å². The van der Waals surface area contributed by atoms with Crippen molar-refractivity contribution in [1.82, 2.24) is 14.3 Å². The van der Waals surface area contributed by atoms with E-state index in [1.807, 2.05) is 42.7 Å². The van der Waals surface area contributed by atoms with Gasteiger partial charge in [0, 0.05) is 46.2 Å². The molecule has 156 valence electrons. The van der Waals surface area contributed by atoms with E-state index in [4.69, 9.17) is 9.47 Å². The molecule has 3 heterocycles. The smallest absolute Gasteiger partial charge is 0.271 e. The molecule has 2 aromatic heterocycles. The SMILES string of the molecule is Cc1cc(C(=O)Cn2ncc3ccc([N+](=O)[O-])cc32)c(C)n1-c1ccc2c(c1)OCO2. The summed E-state index contributed by atoms with van der Waals surface area (Å²) in [5.74, 6) is 1.24. The number of non-ortho nitro benzene ring substituents is 1. The molecule has 2 aromatic carbocycles. The molecule has 0 saturated carbocycles. The van der Waals surface area contributed by atoms with Gasteiger partial charge >= 0.3 is 0 Å². The number of nitrogens with zero attached hydrogens (tertiary/aromatic N) is 4. The second-order valence-corrected chi connectivity index (χ2v) is 7.38. The molecule has 9 nitrogen and oxygen atoms in total. The molecular formula is C22H18N4O5. The van der Waals surface area contributed by atoms with E-state index in [2.05, 4.69) is 5.10 Å². The number of hydrogen-bond acceptors (Lipinski definition) is 6. The van der Waals surface area contributed by atoms with E-state index in [0.717, 1.165) is 22.5 Å². The van der Waals surface area contributed by atoms with Gasteiger partial charge in [-0.2, -0.15) is 5.10 Å². The predicted octanol–water partition coefficient (Wildman–Crippen LogP) is 3.96. The van der Waals surface area contributed by atoms with Crippen molar-refractivity contribution in [2.24, 2.45) is 0 Å². The number of hydrogen-bond donors (Lipinski definition) is 0. The van der Waals surface area contributed by atoms with Crippen LogP contribution in [0.5, 0.6) is 11.5 Å². The minimum Gasteiger partial charge on any atom is -0.454 e. The molecular weight excluding hydrogens is 400 g/mol. The second kappa shape index (κ2) is 6.98. The van der Waals surface area contributed by atoms with Crippen LogP contribution in [0.2, 0.25) is 0 Å². The van der Waals surface area contributed by atoms with E-state index < -0.39 is 4.92 Å². The van der Waals surface area contributed by atoms with Crippen LogP contribution in [-0.2, 0) is 6.54 Å². The van der Waals surface area contributed by atoms with Gasteiger partial charge in [-0.05, 0) is 38.1 Å². The lowest BCUT2D eigenvalue weighted by atomic mass is 10.1. The molecule has 0 radical (unpaired) electrons. The van der Waals surface area contributed by atoms with Crippen molar-refractivity contribution in [1.29, 1.82) is 0 Å². The van der Waals surface area contributed by atoms with Crippen LogP contribution in [0.1, 0.15) is 21.7 Å². The number of carbonyl (C=O) groups is 1. The highest BCUT2D eigenvalue weighted by molar-refractivity contribution is 5.98. The maximum Gasteiger partial charge on any atom is 0.271 e. The zero-order chi connectivity index (χ0) is 21.7. The standard InChI is InChI=1S/C22H18N4O5/c1-13-7-18(14(2)25(13)16-5-6-21-22(9-16)31-12-30-21)20(27)11-24-19-8-17(26(28)29)4-3-15(19)10-23-24/h3-10H,11-12H2,1-2H3. The zero-order valence-corrected chi connectivity index (χ0v) is 16.9. The van der Waals surface area contributed by atoms with E-state index in [1.165, 1.54) is 16.8 Å². The van der Waals surface area contributed by atoms with E-state index >= 15 is 0 Å². The Labute approximate surface area is 176 Å². The Bertz CT molecular complexity index is 1370. The number of rotatable bonds is 5. The van der Waals surface area contributed by atoms with Crippen LogP contribution in [-0.4, -0.2) is 31.8 Å². The van der Waals surface area contributed by atoms with Gasteiger partial charge in [0.25, 0.3) is 5.69 Å². The quantitative estimate of drug-likeness (QED) is 0.276. The maximum atomic E-state index is 13.1. The molecule has 1 aliphatic rings. The number of aromatic nitrogens is 3. The summed E-state index contributed by atoms with van der Waals surface area (Å²) in [4.78, 5) is 23.8. The summed E-state index contributed by atoms with van der Waals surface area (Å²) in [6.45, 7) is 4.00. The van der Waals surface area contributed by atoms with Gasteiger partial charge in [-0.25, -0.2) is 0 Å². The first-order valence-electron chi connectivity index (χ1n) is 9.64. The number of ketones is 1. The molecule has 0 saturated heterocycles. The Kier molecular flexibility index (Phi) is 4.25. The van der Waals surface area contributed by atoms with Gasteiger partial charge in [0.2, 0.25) is 6.79 Å². The first-order chi connectivity index (χ1) is 14.9. The number of carbonyl (C=O) groups excluding carboxylic acids is 1. The van der Waals surface area contributed by atoms with Crippen LogP contribution in [0.3, 0.4) is 0 Å². The largest absolute Gasteiger partial charge is 0.454 e. The van der Waals surface area contributed by atoms with Gasteiger partial charge in [0.1, 0.15) is 6.54 Å². The molecule has 0 N–H and O–H groups in total. The molecule has 0 aliphatic carbocycles. The van der Waals surface area contributed by atoms with Crippen molar-refractivity contribution < 1.29 is 19.2 Å². The fourth-order valence-electron chi connectivity index (χ4n) is 3.99. The third-order valence-corrected chi connectivity index (χ3v) is 5.48. The maximum absolute atomic E-state index is 13.1. The number of ether oxygens (including phenoxy) is 2. The average molecular weight is 418 g/mol. The van der Waals surface area contributed by atoms with Gasteiger partial charge in [0.15, 0.2) is 17.3 Å². The highest BCUT2D eigenvalue weighted by Gasteiger charge is 2.21. The molecule has 0 atom stereocenters. The first kappa shape index (κ1) is 18.9. The van der Waals surface area contributed by atoms with E-state index in [-0.39, 0.29) is 24.8 Å². The van der Waals surface area contributed by atoms with Gasteiger partial charge in [-0.3, -0.25) is 19.6 Å². The van der Waals surface area contributed by atoms with Gasteiger partial charge < -0.3 is 14.0 Å². The van der Waals surface area contributed by atoms with Crippen molar-refractivity contribution in [3.05, 3.63) is 75.7 Å². The average Bonchev–Trinajstić information content (AvgIpc) is 3.44. The topological polar surface area (TPSA) is 101 Å². The molecule has 0 unspecified atom stereocenters. The molecule has 9 heteroatoms. The van der Waals surface area contributed by atoms with Crippen molar-refractivity contribution in [2.75, 3.05) is 6.79 Å². The molecule has 0 bridgehead atoms. The molecule has 0 amide bonds. The summed E-state index contributed by atoms with van der Waals surface area (Å²) in [5.41, 5.74) is 3.65. The van der Waals surface area contributed by atoms with E-state index in [0.29, 0.717) is 22.6 Å². The number of nitro groups is 1. The van der Waals surface area contributed by atoms with Crippen LogP contribution in [0, 0.1) is 24.0 Å². The lowest BCUT2D eigenvalue weighted by molar-refractivity contribution is -0.384. The lowest BCUT2D eigenvalue weighted by Gasteiger charge is -2.11. The van der Waals surface area contributed by atoms with Crippen molar-refractivity contribution in [2.45, 2.75) is 20.4 Å². The molecule has 4 aromatic rings. The Morgan fingerprint density at radius 1 is 1.13 bits per heavy atom. The fraction of sp³-hybridized carbons (Fsp3) is 0.182. The number of Topliss-reactive ketones (excluding diaryl/α,β-unsaturated/α-hetero) is 1. The monoisotopic (exact) mass is 418 g/mol. The van der Waals surface area contributed by atoms with Crippen molar-refractivity contribution in [3.63, 3.8) is 0 Å². The number of fused-ring (bicyclic) bond motifs is 2. The third kappa shape index (κ3) is 3.10. The number of nitro benzene ring substituents is 1. The molecule has 0 fully saturated rings. The summed E-state index contributed by atoms with van der Waals surface area (Å²) in [5, 5.41) is 16.1. The van der Waals surface area contributed by atoms with Crippen molar-refractivity contribution >= 4 is 22.4 Å². The van der Waals surface area contributed by atoms with Crippen molar-refractivity contribution in [3.8, 4) is 17.2 Å². The molecule has 5 rings (SSSR count). The van der Waals surface area contributed by atoms with Crippen LogP contribution in [0.25, 0.3) is 16.6 Å². The first-order valence-corrected chi connectivity index (χ1v) is 9.64. The molecule has 31 heavy (non-hydrogen) atoms.